The van der Waals surface area contributed by atoms with Crippen LogP contribution in [0, 0.1) is 6.92 Å². The first-order valence-electron chi connectivity index (χ1n) is 8.82. The van der Waals surface area contributed by atoms with Crippen molar-refractivity contribution >= 4 is 38.2 Å². The number of sulfonamides is 1. The van der Waals surface area contributed by atoms with Crippen LogP contribution >= 0.6 is 11.3 Å². The molecule has 2 aromatic heterocycles. The molecule has 0 saturated carbocycles. The number of carbonyl (C=O) groups excluding carboxylic acids is 1. The maximum atomic E-state index is 12.1. The number of amides is 1. The van der Waals surface area contributed by atoms with E-state index in [-0.39, 0.29) is 17.2 Å². The summed E-state index contributed by atoms with van der Waals surface area (Å²) in [4.78, 5) is 20.8. The number of thiazole rings is 1. The minimum atomic E-state index is -3.69. The van der Waals surface area contributed by atoms with Gasteiger partial charge in [-0.1, -0.05) is 12.1 Å². The highest BCUT2D eigenvalue weighted by Crippen LogP contribution is 2.20. The van der Waals surface area contributed by atoms with Crippen LogP contribution in [0.4, 0.5) is 10.9 Å². The predicted octanol–water partition coefficient (Wildman–Crippen LogP) is 2.14. The summed E-state index contributed by atoms with van der Waals surface area (Å²) in [5, 5.41) is 13.6. The standard InChI is InChI=1S/C19H21N5O3S2/c1-13-6-8-21-17(10-13)24-19-23-15(12-28-19)11-18(25)22-9-7-14-2-4-16(5-3-14)29(20,26)27/h2-6,8,10,12H,7,9,11H2,1H3,(H,22,25)(H2,20,26,27)(H,21,23,24). The van der Waals surface area contributed by atoms with E-state index in [1.165, 1.54) is 23.5 Å². The van der Waals surface area contributed by atoms with Crippen molar-refractivity contribution in [1.29, 1.82) is 0 Å². The molecule has 8 nitrogen and oxygen atoms in total. The largest absolute Gasteiger partial charge is 0.355 e. The molecule has 0 spiro atoms. The lowest BCUT2D eigenvalue weighted by molar-refractivity contribution is -0.120. The first kappa shape index (κ1) is 20.9. The molecule has 1 amide bonds. The molecular weight excluding hydrogens is 410 g/mol. The Hall–Kier alpha value is -2.82. The fourth-order valence-corrected chi connectivity index (χ4v) is 3.81. The van der Waals surface area contributed by atoms with Gasteiger partial charge in [0.25, 0.3) is 0 Å². The number of primary sulfonamides is 1. The number of hydrogen-bond acceptors (Lipinski definition) is 7. The molecule has 0 aliphatic carbocycles. The highest BCUT2D eigenvalue weighted by Gasteiger charge is 2.09. The van der Waals surface area contributed by atoms with E-state index >= 15 is 0 Å². The Balaban J connectivity index is 1.46. The van der Waals surface area contributed by atoms with Crippen molar-refractivity contribution in [3.05, 3.63) is 64.8 Å². The van der Waals surface area contributed by atoms with Crippen molar-refractivity contribution in [3.63, 3.8) is 0 Å². The Bertz CT molecular complexity index is 1100. The summed E-state index contributed by atoms with van der Waals surface area (Å²) >= 11 is 1.41. The molecule has 0 saturated heterocycles. The third kappa shape index (κ3) is 6.34. The quantitative estimate of drug-likeness (QED) is 0.501. The van der Waals surface area contributed by atoms with Gasteiger partial charge in [-0.3, -0.25) is 4.79 Å². The van der Waals surface area contributed by atoms with E-state index < -0.39 is 10.0 Å². The molecule has 29 heavy (non-hydrogen) atoms. The highest BCUT2D eigenvalue weighted by molar-refractivity contribution is 7.89. The van der Waals surface area contributed by atoms with Crippen molar-refractivity contribution < 1.29 is 13.2 Å². The highest BCUT2D eigenvalue weighted by atomic mass is 32.2. The summed E-state index contributed by atoms with van der Waals surface area (Å²) in [6.07, 6.45) is 2.49. The third-order valence-corrected chi connectivity index (χ3v) is 5.77. The average Bonchev–Trinajstić information content (AvgIpc) is 3.08. The fraction of sp³-hybridized carbons (Fsp3) is 0.211. The smallest absolute Gasteiger partial charge is 0.238 e. The number of aryl methyl sites for hydroxylation is 1. The molecule has 0 fully saturated rings. The van der Waals surface area contributed by atoms with Crippen LogP contribution in [0.15, 0.2) is 52.9 Å². The lowest BCUT2D eigenvalue weighted by atomic mass is 10.1. The fourth-order valence-electron chi connectivity index (χ4n) is 2.58. The molecule has 10 heteroatoms. The normalized spacial score (nSPS) is 11.2. The van der Waals surface area contributed by atoms with E-state index in [0.717, 1.165) is 11.1 Å². The average molecular weight is 432 g/mol. The van der Waals surface area contributed by atoms with Crippen LogP contribution in [-0.4, -0.2) is 30.8 Å². The summed E-state index contributed by atoms with van der Waals surface area (Å²) in [5.74, 6) is 0.584. The molecule has 0 radical (unpaired) electrons. The van der Waals surface area contributed by atoms with Gasteiger partial charge in [-0.2, -0.15) is 0 Å². The van der Waals surface area contributed by atoms with E-state index in [9.17, 15) is 13.2 Å². The number of nitrogens with one attached hydrogen (secondary N) is 2. The number of aromatic nitrogens is 2. The van der Waals surface area contributed by atoms with Gasteiger partial charge < -0.3 is 10.6 Å². The number of pyridine rings is 1. The SMILES string of the molecule is Cc1ccnc(Nc2nc(CC(=O)NCCc3ccc(S(N)(=O)=O)cc3)cs2)c1. The van der Waals surface area contributed by atoms with Gasteiger partial charge in [-0.05, 0) is 48.7 Å². The monoisotopic (exact) mass is 431 g/mol. The third-order valence-electron chi connectivity index (χ3n) is 4.03. The molecule has 3 aromatic rings. The van der Waals surface area contributed by atoms with Crippen LogP contribution in [0.2, 0.25) is 0 Å². The summed E-state index contributed by atoms with van der Waals surface area (Å²) in [6.45, 7) is 2.43. The van der Waals surface area contributed by atoms with Gasteiger partial charge in [0.1, 0.15) is 5.82 Å². The summed E-state index contributed by atoms with van der Waals surface area (Å²) in [5.41, 5.74) is 2.68. The number of hydrogen-bond donors (Lipinski definition) is 3. The molecule has 0 bridgehead atoms. The number of rotatable bonds is 8. The van der Waals surface area contributed by atoms with Crippen LogP contribution in [0.5, 0.6) is 0 Å². The van der Waals surface area contributed by atoms with Gasteiger partial charge in [-0.25, -0.2) is 23.5 Å². The van der Waals surface area contributed by atoms with E-state index in [1.54, 1.807) is 18.3 Å². The van der Waals surface area contributed by atoms with Gasteiger partial charge in [0, 0.05) is 18.1 Å². The van der Waals surface area contributed by atoms with Crippen LogP contribution < -0.4 is 15.8 Å². The molecule has 1 aromatic carbocycles. The summed E-state index contributed by atoms with van der Waals surface area (Å²) in [6, 6.07) is 10.1. The van der Waals surface area contributed by atoms with E-state index in [1.807, 2.05) is 24.4 Å². The molecule has 0 aliphatic rings. The Labute approximate surface area is 173 Å². The van der Waals surface area contributed by atoms with E-state index in [2.05, 4.69) is 20.6 Å². The van der Waals surface area contributed by atoms with Crippen LogP contribution in [0.3, 0.4) is 0 Å². The molecule has 0 unspecified atom stereocenters. The lowest BCUT2D eigenvalue weighted by Gasteiger charge is -2.05. The zero-order chi connectivity index (χ0) is 20.9. The van der Waals surface area contributed by atoms with Crippen molar-refractivity contribution in [2.24, 2.45) is 5.14 Å². The van der Waals surface area contributed by atoms with Crippen molar-refractivity contribution in [2.45, 2.75) is 24.7 Å². The predicted molar refractivity (Wildman–Crippen MR) is 113 cm³/mol. The van der Waals surface area contributed by atoms with Crippen LogP contribution in [0.25, 0.3) is 0 Å². The first-order valence-corrected chi connectivity index (χ1v) is 11.2. The molecule has 152 valence electrons. The lowest BCUT2D eigenvalue weighted by Crippen LogP contribution is -2.27. The number of nitrogens with zero attached hydrogens (tertiary/aromatic N) is 2. The van der Waals surface area contributed by atoms with Crippen LogP contribution in [0.1, 0.15) is 16.8 Å². The van der Waals surface area contributed by atoms with E-state index in [4.69, 9.17) is 5.14 Å². The van der Waals surface area contributed by atoms with Gasteiger partial charge in [0.15, 0.2) is 5.13 Å². The molecule has 0 aliphatic heterocycles. The Morgan fingerprint density at radius 1 is 1.21 bits per heavy atom. The molecule has 3 rings (SSSR count). The second kappa shape index (κ2) is 9.12. The van der Waals surface area contributed by atoms with Gasteiger partial charge in [-0.15, -0.1) is 11.3 Å². The number of nitrogens with two attached hydrogens (primary N) is 1. The number of benzene rings is 1. The molecule has 4 N–H and O–H groups in total. The van der Waals surface area contributed by atoms with Gasteiger partial charge in [0.05, 0.1) is 17.0 Å². The zero-order valence-corrected chi connectivity index (χ0v) is 17.4. The Morgan fingerprint density at radius 2 is 1.97 bits per heavy atom. The minimum absolute atomic E-state index is 0.0686. The second-order valence-electron chi connectivity index (χ2n) is 6.45. The minimum Gasteiger partial charge on any atom is -0.355 e. The maximum absolute atomic E-state index is 12.1. The van der Waals surface area contributed by atoms with Crippen molar-refractivity contribution in [2.75, 3.05) is 11.9 Å². The number of anilines is 2. The summed E-state index contributed by atoms with van der Waals surface area (Å²) < 4.78 is 22.5. The Kier molecular flexibility index (Phi) is 6.57. The van der Waals surface area contributed by atoms with Crippen LogP contribution in [-0.2, 0) is 27.7 Å². The number of carbonyl (C=O) groups is 1. The second-order valence-corrected chi connectivity index (χ2v) is 8.87. The van der Waals surface area contributed by atoms with Gasteiger partial charge in [0.2, 0.25) is 15.9 Å². The zero-order valence-electron chi connectivity index (χ0n) is 15.8. The first-order chi connectivity index (χ1) is 13.8. The van der Waals surface area contributed by atoms with Crippen molar-refractivity contribution in [3.8, 4) is 0 Å². The molecular formula is C19H21N5O3S2. The van der Waals surface area contributed by atoms with Gasteiger partial charge >= 0.3 is 0 Å². The Morgan fingerprint density at radius 3 is 2.66 bits per heavy atom. The molecule has 2 heterocycles. The van der Waals surface area contributed by atoms with E-state index in [0.29, 0.717) is 29.6 Å². The topological polar surface area (TPSA) is 127 Å². The maximum Gasteiger partial charge on any atom is 0.238 e. The summed E-state index contributed by atoms with van der Waals surface area (Å²) in [7, 11) is -3.69. The molecule has 0 atom stereocenters. The van der Waals surface area contributed by atoms with Crippen molar-refractivity contribution in [1.82, 2.24) is 15.3 Å².